The van der Waals surface area contributed by atoms with Gasteiger partial charge < -0.3 is 4.74 Å². The number of pyridine rings is 1. The Morgan fingerprint density at radius 2 is 2.07 bits per heavy atom. The molecule has 14 heavy (non-hydrogen) atoms. The maximum absolute atomic E-state index is 11.9. The van der Waals surface area contributed by atoms with Crippen LogP contribution in [-0.4, -0.2) is 11.3 Å². The molecule has 0 saturated carbocycles. The largest absolute Gasteiger partial charge is 0.574 e. The smallest absolute Gasteiger partial charge is 0.387 e. The van der Waals surface area contributed by atoms with Crippen molar-refractivity contribution in [1.29, 1.82) is 0 Å². The standard InChI is InChI=1S/C7H4BrClF3NO/c1-3-2-4(9)5(8)6(13-3)14-7(10,11)12/h2H,1H3. The van der Waals surface area contributed by atoms with Gasteiger partial charge in [0.1, 0.15) is 0 Å². The van der Waals surface area contributed by atoms with Gasteiger partial charge in [0.2, 0.25) is 5.88 Å². The summed E-state index contributed by atoms with van der Waals surface area (Å²) >= 11 is 8.46. The molecule has 0 amide bonds. The number of alkyl halides is 3. The van der Waals surface area contributed by atoms with Gasteiger partial charge >= 0.3 is 6.36 Å². The van der Waals surface area contributed by atoms with Crippen LogP contribution in [-0.2, 0) is 0 Å². The number of aromatic nitrogens is 1. The van der Waals surface area contributed by atoms with Gasteiger partial charge in [-0.3, -0.25) is 0 Å². The number of rotatable bonds is 1. The second-order valence-corrected chi connectivity index (χ2v) is 3.61. The molecule has 0 N–H and O–H groups in total. The van der Waals surface area contributed by atoms with E-state index in [9.17, 15) is 13.2 Å². The van der Waals surface area contributed by atoms with Crippen molar-refractivity contribution in [2.75, 3.05) is 0 Å². The van der Waals surface area contributed by atoms with Gasteiger partial charge in [0.25, 0.3) is 0 Å². The van der Waals surface area contributed by atoms with Crippen LogP contribution in [0.1, 0.15) is 5.69 Å². The van der Waals surface area contributed by atoms with Crippen LogP contribution in [0.5, 0.6) is 5.88 Å². The molecule has 1 rings (SSSR count). The summed E-state index contributed by atoms with van der Waals surface area (Å²) in [5.41, 5.74) is 0.345. The van der Waals surface area contributed by atoms with Gasteiger partial charge in [-0.2, -0.15) is 0 Å². The van der Waals surface area contributed by atoms with Gasteiger partial charge in [0.05, 0.1) is 9.50 Å². The predicted octanol–water partition coefficient (Wildman–Crippen LogP) is 3.70. The first kappa shape index (κ1) is 11.6. The Morgan fingerprint density at radius 1 is 1.50 bits per heavy atom. The molecule has 1 aromatic rings. The molecule has 0 aliphatic heterocycles. The summed E-state index contributed by atoms with van der Waals surface area (Å²) in [6.07, 6.45) is -4.77. The molecule has 0 atom stereocenters. The Bertz CT molecular complexity index is 356. The highest BCUT2D eigenvalue weighted by atomic mass is 79.9. The van der Waals surface area contributed by atoms with Crippen molar-refractivity contribution in [2.24, 2.45) is 0 Å². The summed E-state index contributed by atoms with van der Waals surface area (Å²) in [5, 5.41) is 0.122. The summed E-state index contributed by atoms with van der Waals surface area (Å²) in [6.45, 7) is 1.52. The molecule has 0 fully saturated rings. The molecule has 0 radical (unpaired) electrons. The normalized spacial score (nSPS) is 11.6. The fourth-order valence-corrected chi connectivity index (χ4v) is 1.29. The van der Waals surface area contributed by atoms with E-state index in [4.69, 9.17) is 11.6 Å². The quantitative estimate of drug-likeness (QED) is 0.786. The second-order valence-electron chi connectivity index (χ2n) is 2.41. The third-order valence-electron chi connectivity index (χ3n) is 1.22. The number of halogens is 5. The minimum atomic E-state index is -4.77. The third-order valence-corrected chi connectivity index (χ3v) is 2.52. The van der Waals surface area contributed by atoms with Gasteiger partial charge in [0, 0.05) is 5.69 Å². The van der Waals surface area contributed by atoms with Crippen LogP contribution in [0.2, 0.25) is 5.02 Å². The molecule has 0 aromatic carbocycles. The summed E-state index contributed by atoms with van der Waals surface area (Å²) in [4.78, 5) is 3.55. The lowest BCUT2D eigenvalue weighted by Crippen LogP contribution is -2.18. The highest BCUT2D eigenvalue weighted by molar-refractivity contribution is 9.10. The van der Waals surface area contributed by atoms with Gasteiger partial charge in [-0.25, -0.2) is 4.98 Å². The lowest BCUT2D eigenvalue weighted by atomic mass is 10.4. The van der Waals surface area contributed by atoms with E-state index in [1.165, 1.54) is 13.0 Å². The number of hydrogen-bond acceptors (Lipinski definition) is 2. The Kier molecular flexibility index (Phi) is 3.26. The maximum atomic E-state index is 11.9. The van der Waals surface area contributed by atoms with Crippen LogP contribution < -0.4 is 4.74 Å². The first-order chi connectivity index (χ1) is 6.29. The van der Waals surface area contributed by atoms with E-state index in [1.54, 1.807) is 0 Å². The Morgan fingerprint density at radius 3 is 2.57 bits per heavy atom. The number of aryl methyl sites for hydroxylation is 1. The molecule has 0 saturated heterocycles. The van der Waals surface area contributed by atoms with Crippen molar-refractivity contribution in [1.82, 2.24) is 4.98 Å². The van der Waals surface area contributed by atoms with E-state index in [-0.39, 0.29) is 9.50 Å². The van der Waals surface area contributed by atoms with Crippen LogP contribution >= 0.6 is 27.5 Å². The van der Waals surface area contributed by atoms with Crippen molar-refractivity contribution in [3.05, 3.63) is 21.3 Å². The molecule has 0 bridgehead atoms. The van der Waals surface area contributed by atoms with E-state index < -0.39 is 12.2 Å². The first-order valence-corrected chi connectivity index (χ1v) is 4.55. The third kappa shape index (κ3) is 3.02. The molecule has 0 aliphatic rings. The maximum Gasteiger partial charge on any atom is 0.574 e. The van der Waals surface area contributed by atoms with Gasteiger partial charge in [0.15, 0.2) is 0 Å². The molecule has 2 nitrogen and oxygen atoms in total. The van der Waals surface area contributed by atoms with E-state index in [0.29, 0.717) is 5.69 Å². The molecule has 1 heterocycles. The minimum absolute atomic E-state index is 0.0120. The van der Waals surface area contributed by atoms with E-state index >= 15 is 0 Å². The van der Waals surface area contributed by atoms with Crippen LogP contribution in [0.3, 0.4) is 0 Å². The highest BCUT2D eigenvalue weighted by Gasteiger charge is 2.33. The molecule has 1 aromatic heterocycles. The summed E-state index contributed by atoms with van der Waals surface area (Å²) in [6, 6.07) is 1.43. The zero-order valence-corrected chi connectivity index (χ0v) is 9.16. The minimum Gasteiger partial charge on any atom is -0.387 e. The Labute approximate surface area is 91.2 Å². The van der Waals surface area contributed by atoms with E-state index in [0.717, 1.165) is 0 Å². The van der Waals surface area contributed by atoms with Gasteiger partial charge in [-0.15, -0.1) is 13.2 Å². The SMILES string of the molecule is Cc1cc(Cl)c(Br)c(OC(F)(F)F)n1. The van der Waals surface area contributed by atoms with Crippen LogP contribution in [0.25, 0.3) is 0 Å². The van der Waals surface area contributed by atoms with Crippen LogP contribution in [0, 0.1) is 6.92 Å². The molecule has 78 valence electrons. The van der Waals surface area contributed by atoms with Crippen LogP contribution in [0.15, 0.2) is 10.5 Å². The number of hydrogen-bond donors (Lipinski definition) is 0. The predicted molar refractivity (Wildman–Crippen MR) is 48.4 cm³/mol. The Balaban J connectivity index is 3.09. The van der Waals surface area contributed by atoms with E-state index in [2.05, 4.69) is 25.7 Å². The molecular formula is C7H4BrClF3NO. The average Bonchev–Trinajstić information content (AvgIpc) is 1.96. The van der Waals surface area contributed by atoms with Crippen molar-refractivity contribution in [3.8, 4) is 5.88 Å². The summed E-state index contributed by atoms with van der Waals surface area (Å²) < 4.78 is 39.2. The monoisotopic (exact) mass is 289 g/mol. The van der Waals surface area contributed by atoms with Crippen LogP contribution in [0.4, 0.5) is 13.2 Å². The zero-order chi connectivity index (χ0) is 10.9. The topological polar surface area (TPSA) is 22.1 Å². The molecule has 7 heteroatoms. The molecule has 0 aliphatic carbocycles. The number of ether oxygens (including phenoxy) is 1. The summed E-state index contributed by atoms with van der Waals surface area (Å²) in [7, 11) is 0. The number of nitrogens with zero attached hydrogens (tertiary/aromatic N) is 1. The Hall–Kier alpha value is -0.490. The van der Waals surface area contributed by atoms with E-state index in [1.807, 2.05) is 0 Å². The highest BCUT2D eigenvalue weighted by Crippen LogP contribution is 2.34. The second kappa shape index (κ2) is 3.94. The average molecular weight is 290 g/mol. The lowest BCUT2D eigenvalue weighted by molar-refractivity contribution is -0.276. The van der Waals surface area contributed by atoms with Crippen molar-refractivity contribution >= 4 is 27.5 Å². The molecule has 0 spiro atoms. The van der Waals surface area contributed by atoms with Gasteiger partial charge in [-0.05, 0) is 28.9 Å². The van der Waals surface area contributed by atoms with Crippen molar-refractivity contribution in [3.63, 3.8) is 0 Å². The fourth-order valence-electron chi connectivity index (χ4n) is 0.768. The fraction of sp³-hybridized carbons (Fsp3) is 0.286. The summed E-state index contributed by atoms with van der Waals surface area (Å²) in [5.74, 6) is -0.581. The van der Waals surface area contributed by atoms with Crippen molar-refractivity contribution in [2.45, 2.75) is 13.3 Å². The van der Waals surface area contributed by atoms with Crippen molar-refractivity contribution < 1.29 is 17.9 Å². The lowest BCUT2D eigenvalue weighted by Gasteiger charge is -2.10. The zero-order valence-electron chi connectivity index (χ0n) is 6.82. The van der Waals surface area contributed by atoms with Gasteiger partial charge in [-0.1, -0.05) is 11.6 Å². The molecular weight excluding hydrogens is 286 g/mol. The first-order valence-electron chi connectivity index (χ1n) is 3.38. The molecule has 0 unspecified atom stereocenters.